The van der Waals surface area contributed by atoms with Crippen molar-refractivity contribution in [3.8, 4) is 11.1 Å². The van der Waals surface area contributed by atoms with E-state index in [1.54, 1.807) is 0 Å². The molecule has 1 aliphatic heterocycles. The van der Waals surface area contributed by atoms with Gasteiger partial charge in [-0.25, -0.2) is 18.4 Å². The number of likely N-dealkylation sites (tertiary alicyclic amines) is 1. The summed E-state index contributed by atoms with van der Waals surface area (Å²) in [7, 11) is 0. The molecule has 146 valence electrons. The number of alkyl halides is 2. The molecule has 7 heteroatoms. The van der Waals surface area contributed by atoms with Crippen LogP contribution in [0, 0.1) is 0 Å². The van der Waals surface area contributed by atoms with E-state index >= 15 is 0 Å². The van der Waals surface area contributed by atoms with Crippen LogP contribution in [-0.4, -0.2) is 47.2 Å². The number of carboxylic acids is 1. The lowest BCUT2D eigenvalue weighted by molar-refractivity contribution is -0.150. The highest BCUT2D eigenvalue weighted by Gasteiger charge is 2.45. The maximum absolute atomic E-state index is 13.7. The molecule has 0 saturated carbocycles. The first-order valence-corrected chi connectivity index (χ1v) is 9.09. The van der Waals surface area contributed by atoms with E-state index in [2.05, 4.69) is 0 Å². The zero-order chi connectivity index (χ0) is 19.9. The molecule has 0 aromatic heterocycles. The lowest BCUT2D eigenvalue weighted by Crippen LogP contribution is -2.54. The van der Waals surface area contributed by atoms with Crippen LogP contribution in [0.5, 0.6) is 0 Å². The quantitative estimate of drug-likeness (QED) is 0.860. The fourth-order valence-corrected chi connectivity index (χ4v) is 4.07. The largest absolute Gasteiger partial charge is 0.480 e. The third kappa shape index (κ3) is 3.21. The number of halogens is 2. The summed E-state index contributed by atoms with van der Waals surface area (Å²) in [6.45, 7) is -0.984. The first-order valence-electron chi connectivity index (χ1n) is 9.09. The number of piperidine rings is 1. The van der Waals surface area contributed by atoms with Gasteiger partial charge in [-0.15, -0.1) is 0 Å². The Morgan fingerprint density at radius 3 is 2.21 bits per heavy atom. The Kier molecular flexibility index (Phi) is 4.53. The van der Waals surface area contributed by atoms with Crippen molar-refractivity contribution in [1.82, 2.24) is 4.90 Å². The smallest absolute Gasteiger partial charge is 0.410 e. The summed E-state index contributed by atoms with van der Waals surface area (Å²) in [5.41, 5.74) is 4.09. The molecule has 2 aliphatic rings. The molecule has 1 heterocycles. The molecule has 1 atom stereocenters. The number of nitrogens with zero attached hydrogens (tertiary/aromatic N) is 1. The van der Waals surface area contributed by atoms with Gasteiger partial charge in [-0.3, -0.25) is 4.90 Å². The van der Waals surface area contributed by atoms with E-state index in [0.717, 1.165) is 22.3 Å². The van der Waals surface area contributed by atoms with Crippen LogP contribution in [0.25, 0.3) is 11.1 Å². The molecule has 1 fully saturated rings. The van der Waals surface area contributed by atoms with Crippen molar-refractivity contribution in [1.29, 1.82) is 0 Å². The summed E-state index contributed by atoms with van der Waals surface area (Å²) in [5.74, 6) is -4.63. The highest BCUT2D eigenvalue weighted by Crippen LogP contribution is 2.44. The Balaban J connectivity index is 1.54. The average Bonchev–Trinajstić information content (AvgIpc) is 2.99. The standard InChI is InChI=1S/C21H19F2NO4/c22-21(23)10-9-18(19(25)26)24(12-21)20(27)28-11-17-15-7-3-1-5-13(15)14-6-2-4-8-16(14)17/h1-8,17-18H,9-12H2,(H,25,26)/t18-/m1/s1. The third-order valence-electron chi connectivity index (χ3n) is 5.42. The second kappa shape index (κ2) is 6.89. The van der Waals surface area contributed by atoms with Crippen LogP contribution >= 0.6 is 0 Å². The lowest BCUT2D eigenvalue weighted by atomic mass is 9.98. The minimum absolute atomic E-state index is 0.0404. The number of carboxylic acid groups (broad SMARTS) is 1. The molecule has 0 bridgehead atoms. The van der Waals surface area contributed by atoms with E-state index in [-0.39, 0.29) is 18.9 Å². The molecule has 2 aromatic rings. The van der Waals surface area contributed by atoms with Gasteiger partial charge < -0.3 is 9.84 Å². The summed E-state index contributed by atoms with van der Waals surface area (Å²) >= 11 is 0. The van der Waals surface area contributed by atoms with Gasteiger partial charge in [0.15, 0.2) is 0 Å². The topological polar surface area (TPSA) is 66.8 Å². The Bertz CT molecular complexity index is 885. The van der Waals surface area contributed by atoms with Crippen molar-refractivity contribution < 1.29 is 28.2 Å². The van der Waals surface area contributed by atoms with Crippen molar-refractivity contribution in [2.24, 2.45) is 0 Å². The lowest BCUT2D eigenvalue weighted by Gasteiger charge is -2.36. The normalized spacial score (nSPS) is 20.4. The minimum atomic E-state index is -3.11. The van der Waals surface area contributed by atoms with Crippen LogP contribution in [0.2, 0.25) is 0 Å². The summed E-state index contributed by atoms with van der Waals surface area (Å²) in [6.07, 6.45) is -1.88. The molecule has 0 spiro atoms. The van der Waals surface area contributed by atoms with Gasteiger partial charge in [-0.05, 0) is 28.7 Å². The van der Waals surface area contributed by atoms with E-state index in [9.17, 15) is 23.5 Å². The Morgan fingerprint density at radius 1 is 1.07 bits per heavy atom. The van der Waals surface area contributed by atoms with Crippen LogP contribution in [0.1, 0.15) is 29.9 Å². The number of fused-ring (bicyclic) bond motifs is 3. The number of amides is 1. The van der Waals surface area contributed by atoms with Crippen molar-refractivity contribution in [2.75, 3.05) is 13.2 Å². The number of carbonyl (C=O) groups excluding carboxylic acids is 1. The van der Waals surface area contributed by atoms with Gasteiger partial charge in [-0.2, -0.15) is 0 Å². The number of hydrogen-bond donors (Lipinski definition) is 1. The summed E-state index contributed by atoms with van der Waals surface area (Å²) in [6, 6.07) is 14.2. The Hall–Kier alpha value is -2.96. The molecular weight excluding hydrogens is 368 g/mol. The van der Waals surface area contributed by atoms with E-state index in [0.29, 0.717) is 4.90 Å². The van der Waals surface area contributed by atoms with Crippen molar-refractivity contribution in [3.05, 3.63) is 59.7 Å². The summed E-state index contributed by atoms with van der Waals surface area (Å²) < 4.78 is 32.8. The number of rotatable bonds is 3. The fraction of sp³-hybridized carbons (Fsp3) is 0.333. The molecular formula is C21H19F2NO4. The van der Waals surface area contributed by atoms with Crippen LogP contribution in [0.3, 0.4) is 0 Å². The summed E-state index contributed by atoms with van der Waals surface area (Å²) in [4.78, 5) is 24.5. The molecule has 1 aliphatic carbocycles. The monoisotopic (exact) mass is 387 g/mol. The zero-order valence-electron chi connectivity index (χ0n) is 15.0. The van der Waals surface area contributed by atoms with E-state index < -0.39 is 37.0 Å². The van der Waals surface area contributed by atoms with E-state index in [1.165, 1.54) is 0 Å². The van der Waals surface area contributed by atoms with E-state index in [4.69, 9.17) is 4.74 Å². The fourth-order valence-electron chi connectivity index (χ4n) is 4.07. The first kappa shape index (κ1) is 18.4. The maximum Gasteiger partial charge on any atom is 0.410 e. The molecule has 0 unspecified atom stereocenters. The molecule has 4 rings (SSSR count). The van der Waals surface area contributed by atoms with Crippen LogP contribution < -0.4 is 0 Å². The van der Waals surface area contributed by atoms with Crippen LogP contribution in [0.15, 0.2) is 48.5 Å². The number of benzene rings is 2. The van der Waals surface area contributed by atoms with E-state index in [1.807, 2.05) is 48.5 Å². The second-order valence-corrected chi connectivity index (χ2v) is 7.18. The van der Waals surface area contributed by atoms with Gasteiger partial charge in [0.05, 0.1) is 6.54 Å². The number of aliphatic carboxylic acids is 1. The molecule has 1 saturated heterocycles. The van der Waals surface area contributed by atoms with Crippen molar-refractivity contribution >= 4 is 12.1 Å². The number of hydrogen-bond acceptors (Lipinski definition) is 3. The van der Waals surface area contributed by atoms with Gasteiger partial charge in [0.2, 0.25) is 0 Å². The second-order valence-electron chi connectivity index (χ2n) is 7.18. The molecule has 2 aromatic carbocycles. The van der Waals surface area contributed by atoms with Crippen molar-refractivity contribution in [3.63, 3.8) is 0 Å². The summed E-state index contributed by atoms with van der Waals surface area (Å²) in [5, 5.41) is 9.27. The van der Waals surface area contributed by atoms with Gasteiger partial charge in [-0.1, -0.05) is 48.5 Å². The van der Waals surface area contributed by atoms with Crippen molar-refractivity contribution in [2.45, 2.75) is 30.7 Å². The molecule has 28 heavy (non-hydrogen) atoms. The molecule has 0 radical (unpaired) electrons. The van der Waals surface area contributed by atoms with Gasteiger partial charge in [0.25, 0.3) is 5.92 Å². The minimum Gasteiger partial charge on any atom is -0.480 e. The number of ether oxygens (including phenoxy) is 1. The Morgan fingerprint density at radius 2 is 1.64 bits per heavy atom. The SMILES string of the molecule is O=C(O)[C@H]1CCC(F)(F)CN1C(=O)OCC1c2ccccc2-c2ccccc21. The molecule has 5 nitrogen and oxygen atoms in total. The maximum atomic E-state index is 13.7. The molecule has 1 N–H and O–H groups in total. The van der Waals surface area contributed by atoms with Gasteiger partial charge in [0.1, 0.15) is 12.6 Å². The predicted molar refractivity (Wildman–Crippen MR) is 97.4 cm³/mol. The first-order chi connectivity index (χ1) is 13.4. The zero-order valence-corrected chi connectivity index (χ0v) is 15.0. The predicted octanol–water partition coefficient (Wildman–Crippen LogP) is 4.12. The van der Waals surface area contributed by atoms with Crippen LogP contribution in [-0.2, 0) is 9.53 Å². The van der Waals surface area contributed by atoms with Gasteiger partial charge in [0, 0.05) is 12.3 Å². The van der Waals surface area contributed by atoms with Crippen LogP contribution in [0.4, 0.5) is 13.6 Å². The highest BCUT2D eigenvalue weighted by atomic mass is 19.3. The average molecular weight is 387 g/mol. The highest BCUT2D eigenvalue weighted by molar-refractivity contribution is 5.81. The number of carbonyl (C=O) groups is 2. The molecule has 1 amide bonds. The Labute approximate surface area is 160 Å². The van der Waals surface area contributed by atoms with Gasteiger partial charge >= 0.3 is 12.1 Å². The third-order valence-corrected chi connectivity index (χ3v) is 5.42.